The summed E-state index contributed by atoms with van der Waals surface area (Å²) < 4.78 is 24.2. The number of benzene rings is 2. The molecule has 0 bridgehead atoms. The summed E-state index contributed by atoms with van der Waals surface area (Å²) >= 11 is 0. The second-order valence-electron chi connectivity index (χ2n) is 6.10. The van der Waals surface area contributed by atoms with Crippen molar-refractivity contribution < 1.29 is 18.7 Å². The van der Waals surface area contributed by atoms with E-state index in [0.29, 0.717) is 32.5 Å². The minimum absolute atomic E-state index is 0.0977. The van der Waals surface area contributed by atoms with E-state index in [0.717, 1.165) is 16.9 Å². The summed E-state index contributed by atoms with van der Waals surface area (Å²) in [6.07, 6.45) is 0.863. The molecule has 1 aliphatic heterocycles. The first-order chi connectivity index (χ1) is 12.2. The normalized spacial score (nSPS) is 17.4. The van der Waals surface area contributed by atoms with Gasteiger partial charge in [-0.3, -0.25) is 4.79 Å². The Morgan fingerprint density at radius 2 is 2.08 bits per heavy atom. The largest absolute Gasteiger partial charge is 0.497 e. The van der Waals surface area contributed by atoms with E-state index in [-0.39, 0.29) is 17.8 Å². The lowest BCUT2D eigenvalue weighted by Gasteiger charge is -2.33. The molecule has 1 saturated heterocycles. The number of amides is 1. The Hall–Kier alpha value is -2.40. The minimum Gasteiger partial charge on any atom is -0.497 e. The van der Waals surface area contributed by atoms with Crippen LogP contribution in [0.3, 0.4) is 0 Å². The molecule has 1 aliphatic rings. The number of nitrogens with zero attached hydrogens (tertiary/aromatic N) is 1. The Morgan fingerprint density at radius 3 is 2.80 bits per heavy atom. The number of hydrogen-bond acceptors (Lipinski definition) is 3. The van der Waals surface area contributed by atoms with Gasteiger partial charge in [0.05, 0.1) is 20.3 Å². The van der Waals surface area contributed by atoms with Gasteiger partial charge in [0.15, 0.2) is 0 Å². The van der Waals surface area contributed by atoms with E-state index in [1.54, 1.807) is 13.2 Å². The maximum Gasteiger partial charge on any atom is 0.223 e. The predicted octanol–water partition coefficient (Wildman–Crippen LogP) is 3.37. The SMILES string of the molecule is COc1ccc(CCC(=O)N2CCO[C@H](c3cccc(F)c3)C2)cc1. The molecule has 1 amide bonds. The second-order valence-corrected chi connectivity index (χ2v) is 6.10. The molecule has 25 heavy (non-hydrogen) atoms. The maximum atomic E-state index is 13.4. The van der Waals surface area contributed by atoms with Crippen molar-refractivity contribution in [2.75, 3.05) is 26.8 Å². The highest BCUT2D eigenvalue weighted by Gasteiger charge is 2.25. The standard InChI is InChI=1S/C20H22FNO3/c1-24-18-8-5-15(6-9-18)7-10-20(23)22-11-12-25-19(14-22)16-3-2-4-17(21)13-16/h2-6,8-9,13,19H,7,10-12,14H2,1H3/t19-/m0/s1. The lowest BCUT2D eigenvalue weighted by atomic mass is 10.1. The molecule has 1 atom stereocenters. The van der Waals surface area contributed by atoms with Crippen LogP contribution in [0.25, 0.3) is 0 Å². The van der Waals surface area contributed by atoms with Crippen LogP contribution in [0.5, 0.6) is 5.75 Å². The van der Waals surface area contributed by atoms with Crippen molar-refractivity contribution in [3.8, 4) is 5.75 Å². The van der Waals surface area contributed by atoms with Gasteiger partial charge in [0.1, 0.15) is 17.7 Å². The molecule has 132 valence electrons. The number of methoxy groups -OCH3 is 1. The van der Waals surface area contributed by atoms with E-state index < -0.39 is 0 Å². The summed E-state index contributed by atoms with van der Waals surface area (Å²) in [5, 5.41) is 0. The van der Waals surface area contributed by atoms with Crippen molar-refractivity contribution in [2.45, 2.75) is 18.9 Å². The molecule has 3 rings (SSSR count). The number of morpholine rings is 1. The minimum atomic E-state index is -0.288. The number of carbonyl (C=O) groups is 1. The summed E-state index contributed by atoms with van der Waals surface area (Å²) in [6, 6.07) is 14.1. The average Bonchev–Trinajstić information content (AvgIpc) is 2.66. The van der Waals surface area contributed by atoms with Crippen LogP contribution < -0.4 is 4.74 Å². The highest BCUT2D eigenvalue weighted by molar-refractivity contribution is 5.76. The van der Waals surface area contributed by atoms with Crippen molar-refractivity contribution in [1.29, 1.82) is 0 Å². The van der Waals surface area contributed by atoms with Crippen LogP contribution in [-0.4, -0.2) is 37.6 Å². The third-order valence-corrected chi connectivity index (χ3v) is 4.43. The van der Waals surface area contributed by atoms with Gasteiger partial charge in [0.2, 0.25) is 5.91 Å². The fraction of sp³-hybridized carbons (Fsp3) is 0.350. The first-order valence-electron chi connectivity index (χ1n) is 8.43. The van der Waals surface area contributed by atoms with Gasteiger partial charge in [-0.1, -0.05) is 24.3 Å². The molecule has 0 aromatic heterocycles. The molecular formula is C20H22FNO3. The lowest BCUT2D eigenvalue weighted by Crippen LogP contribution is -2.42. The summed E-state index contributed by atoms with van der Waals surface area (Å²) in [4.78, 5) is 14.3. The topological polar surface area (TPSA) is 38.8 Å². The summed E-state index contributed by atoms with van der Waals surface area (Å²) in [6.45, 7) is 1.51. The molecule has 4 nitrogen and oxygen atoms in total. The number of hydrogen-bond donors (Lipinski definition) is 0. The van der Waals surface area contributed by atoms with Gasteiger partial charge in [-0.05, 0) is 41.8 Å². The van der Waals surface area contributed by atoms with E-state index in [9.17, 15) is 9.18 Å². The molecule has 2 aromatic carbocycles. The van der Waals surface area contributed by atoms with Crippen LogP contribution in [0.1, 0.15) is 23.7 Å². The Morgan fingerprint density at radius 1 is 1.28 bits per heavy atom. The lowest BCUT2D eigenvalue weighted by molar-refractivity contribution is -0.139. The van der Waals surface area contributed by atoms with Crippen molar-refractivity contribution in [3.05, 3.63) is 65.5 Å². The molecule has 2 aromatic rings. The van der Waals surface area contributed by atoms with Crippen LogP contribution in [-0.2, 0) is 16.0 Å². The molecule has 0 saturated carbocycles. The van der Waals surface area contributed by atoms with Crippen LogP contribution in [0.15, 0.2) is 48.5 Å². The number of halogens is 1. The summed E-state index contributed by atoms with van der Waals surface area (Å²) in [5.41, 5.74) is 1.87. The van der Waals surface area contributed by atoms with Gasteiger partial charge in [-0.2, -0.15) is 0 Å². The maximum absolute atomic E-state index is 13.4. The van der Waals surface area contributed by atoms with Crippen LogP contribution in [0.2, 0.25) is 0 Å². The Labute approximate surface area is 147 Å². The first-order valence-corrected chi connectivity index (χ1v) is 8.43. The zero-order chi connectivity index (χ0) is 17.6. The van der Waals surface area contributed by atoms with Gasteiger partial charge in [0, 0.05) is 13.0 Å². The third kappa shape index (κ3) is 4.57. The van der Waals surface area contributed by atoms with Crippen molar-refractivity contribution in [2.24, 2.45) is 0 Å². The van der Waals surface area contributed by atoms with Crippen LogP contribution >= 0.6 is 0 Å². The van der Waals surface area contributed by atoms with Gasteiger partial charge in [-0.15, -0.1) is 0 Å². The van der Waals surface area contributed by atoms with Gasteiger partial charge in [0.25, 0.3) is 0 Å². The highest BCUT2D eigenvalue weighted by Crippen LogP contribution is 2.23. The van der Waals surface area contributed by atoms with Gasteiger partial charge >= 0.3 is 0 Å². The van der Waals surface area contributed by atoms with Crippen molar-refractivity contribution >= 4 is 5.91 Å². The zero-order valence-corrected chi connectivity index (χ0v) is 14.3. The summed E-state index contributed by atoms with van der Waals surface area (Å²) in [7, 11) is 1.63. The summed E-state index contributed by atoms with van der Waals surface area (Å²) in [5.74, 6) is 0.616. The molecular weight excluding hydrogens is 321 g/mol. The predicted molar refractivity (Wildman–Crippen MR) is 93.0 cm³/mol. The van der Waals surface area contributed by atoms with Crippen molar-refractivity contribution in [3.63, 3.8) is 0 Å². The Balaban J connectivity index is 1.56. The fourth-order valence-electron chi connectivity index (χ4n) is 2.99. The van der Waals surface area contributed by atoms with Crippen molar-refractivity contribution in [1.82, 2.24) is 4.90 Å². The molecule has 0 N–H and O–H groups in total. The highest BCUT2D eigenvalue weighted by atomic mass is 19.1. The number of ether oxygens (including phenoxy) is 2. The smallest absolute Gasteiger partial charge is 0.223 e. The number of carbonyl (C=O) groups excluding carboxylic acids is 1. The van der Waals surface area contributed by atoms with Gasteiger partial charge < -0.3 is 14.4 Å². The molecule has 5 heteroatoms. The number of aryl methyl sites for hydroxylation is 1. The second kappa shape index (κ2) is 8.12. The molecule has 0 spiro atoms. The number of rotatable bonds is 5. The molecule has 0 radical (unpaired) electrons. The monoisotopic (exact) mass is 343 g/mol. The first kappa shape index (κ1) is 17.4. The molecule has 0 unspecified atom stereocenters. The molecule has 0 aliphatic carbocycles. The van der Waals surface area contributed by atoms with E-state index in [1.807, 2.05) is 35.2 Å². The fourth-order valence-corrected chi connectivity index (χ4v) is 2.99. The van der Waals surface area contributed by atoms with Crippen LogP contribution in [0, 0.1) is 5.82 Å². The molecule has 1 heterocycles. The average molecular weight is 343 g/mol. The van der Waals surface area contributed by atoms with E-state index in [4.69, 9.17) is 9.47 Å². The Bertz CT molecular complexity index is 717. The zero-order valence-electron chi connectivity index (χ0n) is 14.3. The van der Waals surface area contributed by atoms with Gasteiger partial charge in [-0.25, -0.2) is 4.39 Å². The molecule has 1 fully saturated rings. The third-order valence-electron chi connectivity index (χ3n) is 4.43. The van der Waals surface area contributed by atoms with Crippen LogP contribution in [0.4, 0.5) is 4.39 Å². The van der Waals surface area contributed by atoms with E-state index >= 15 is 0 Å². The van der Waals surface area contributed by atoms with E-state index in [2.05, 4.69) is 0 Å². The quantitative estimate of drug-likeness (QED) is 0.835. The Kier molecular flexibility index (Phi) is 5.66. The van der Waals surface area contributed by atoms with E-state index in [1.165, 1.54) is 12.1 Å².